The molecule has 1 aliphatic rings. The number of hydrogen-bond donors (Lipinski definition) is 0. The lowest BCUT2D eigenvalue weighted by Crippen LogP contribution is -2.14. The zero-order chi connectivity index (χ0) is 46.6. The van der Waals surface area contributed by atoms with Crippen LogP contribution < -0.4 is 4.90 Å². The van der Waals surface area contributed by atoms with Crippen molar-refractivity contribution in [2.45, 2.75) is 135 Å². The molecule has 334 valence electrons. The highest BCUT2D eigenvalue weighted by atomic mass is 15.1. The van der Waals surface area contributed by atoms with Gasteiger partial charge in [0.25, 0.3) is 0 Å². The molecule has 1 aliphatic heterocycles. The second kappa shape index (κ2) is 30.4. The predicted octanol–water partition coefficient (Wildman–Crippen LogP) is 19.8. The van der Waals surface area contributed by atoms with E-state index in [0.29, 0.717) is 5.92 Å². The van der Waals surface area contributed by atoms with Crippen LogP contribution in [0.1, 0.15) is 140 Å². The first-order valence-corrected chi connectivity index (χ1v) is 23.7. The Bertz CT molecular complexity index is 2210. The summed E-state index contributed by atoms with van der Waals surface area (Å²) in [4.78, 5) is 2.39. The first-order valence-electron chi connectivity index (χ1n) is 23.7. The minimum absolute atomic E-state index is 0.367. The minimum Gasteiger partial charge on any atom is -0.317 e. The summed E-state index contributed by atoms with van der Waals surface area (Å²) < 4.78 is 0. The van der Waals surface area contributed by atoms with Crippen LogP contribution in [0.2, 0.25) is 0 Å². The lowest BCUT2D eigenvalue weighted by atomic mass is 9.90. The Kier molecular flexibility index (Phi) is 25.8. The Balaban J connectivity index is 0.00000159. The van der Waals surface area contributed by atoms with E-state index in [1.165, 1.54) is 78.2 Å². The molecule has 5 rings (SSSR count). The molecule has 0 spiro atoms. The van der Waals surface area contributed by atoms with Crippen LogP contribution >= 0.6 is 0 Å². The molecule has 1 heterocycles. The zero-order valence-corrected chi connectivity index (χ0v) is 41.7. The molecule has 0 N–H and O–H groups in total. The summed E-state index contributed by atoms with van der Waals surface area (Å²) in [6, 6.07) is 36.0. The van der Waals surface area contributed by atoms with Gasteiger partial charge in [0.05, 0.1) is 5.69 Å². The van der Waals surface area contributed by atoms with Crippen LogP contribution in [0.5, 0.6) is 0 Å². The number of anilines is 2. The van der Waals surface area contributed by atoms with Crippen molar-refractivity contribution >= 4 is 11.4 Å². The van der Waals surface area contributed by atoms with Crippen molar-refractivity contribution in [3.63, 3.8) is 0 Å². The van der Waals surface area contributed by atoms with Crippen LogP contribution in [-0.2, 0) is 6.42 Å². The summed E-state index contributed by atoms with van der Waals surface area (Å²) >= 11 is 0. The Morgan fingerprint density at radius 3 is 1.84 bits per heavy atom. The Morgan fingerprint density at radius 2 is 1.25 bits per heavy atom. The van der Waals surface area contributed by atoms with E-state index in [-0.39, 0.29) is 0 Å². The molecule has 4 aromatic rings. The molecule has 0 bridgehead atoms. The van der Waals surface area contributed by atoms with Gasteiger partial charge in [0.2, 0.25) is 0 Å². The van der Waals surface area contributed by atoms with E-state index in [9.17, 15) is 0 Å². The van der Waals surface area contributed by atoms with Gasteiger partial charge in [-0.2, -0.15) is 0 Å². The van der Waals surface area contributed by atoms with Crippen LogP contribution in [0.3, 0.4) is 0 Å². The van der Waals surface area contributed by atoms with Gasteiger partial charge in [-0.3, -0.25) is 0 Å². The van der Waals surface area contributed by atoms with Gasteiger partial charge in [-0.25, -0.2) is 0 Å². The van der Waals surface area contributed by atoms with Crippen LogP contribution in [0.4, 0.5) is 11.4 Å². The molecule has 0 fully saturated rings. The Labute approximate surface area is 386 Å². The van der Waals surface area contributed by atoms with Crippen LogP contribution in [0.15, 0.2) is 204 Å². The maximum atomic E-state index is 2.40. The third-order valence-corrected chi connectivity index (χ3v) is 11.0. The highest BCUT2D eigenvalue weighted by molar-refractivity contribution is 5.86. The highest BCUT2D eigenvalue weighted by Crippen LogP contribution is 2.41. The Hall–Kier alpha value is -5.66. The quantitative estimate of drug-likeness (QED) is 0.0903. The summed E-state index contributed by atoms with van der Waals surface area (Å²) in [6.07, 6.45) is 31.4. The van der Waals surface area contributed by atoms with Gasteiger partial charge in [0.1, 0.15) is 0 Å². The van der Waals surface area contributed by atoms with E-state index < -0.39 is 0 Å². The SMILES string of the molecule is C/C=C\C.CC.CC.C\C=C/C=C\C(=C\C(\C=C/CC)=C(\C)C/C=C\C(C)=C(C)C)CC(C)c1ccc(-c2ccc(N3/C=C(/CC)Cc4ccccc4-c4ccccc43)cc2)cc1. The van der Waals surface area contributed by atoms with E-state index in [1.807, 2.05) is 53.7 Å². The smallest absolute Gasteiger partial charge is 0.0533 e. The predicted molar refractivity (Wildman–Crippen MR) is 286 cm³/mol. The maximum absolute atomic E-state index is 2.40. The fourth-order valence-corrected chi connectivity index (χ4v) is 7.03. The van der Waals surface area contributed by atoms with Gasteiger partial charge >= 0.3 is 0 Å². The highest BCUT2D eigenvalue weighted by Gasteiger charge is 2.19. The van der Waals surface area contributed by atoms with E-state index in [4.69, 9.17) is 0 Å². The molecule has 0 aliphatic carbocycles. The molecule has 0 radical (unpaired) electrons. The molecule has 1 unspecified atom stereocenters. The average Bonchev–Trinajstić information content (AvgIpc) is 3.32. The lowest BCUT2D eigenvalue weighted by Gasteiger charge is -2.28. The third-order valence-electron chi connectivity index (χ3n) is 11.0. The summed E-state index contributed by atoms with van der Waals surface area (Å²) in [6.45, 7) is 29.7. The molecule has 0 aromatic heterocycles. The van der Waals surface area contributed by atoms with Gasteiger partial charge in [-0.15, -0.1) is 0 Å². The first-order chi connectivity index (χ1) is 30.6. The third kappa shape index (κ3) is 17.2. The molecule has 63 heavy (non-hydrogen) atoms. The number of allylic oxidation sites excluding steroid dienone is 17. The fourth-order valence-electron chi connectivity index (χ4n) is 7.03. The van der Waals surface area contributed by atoms with E-state index in [0.717, 1.165) is 32.1 Å². The van der Waals surface area contributed by atoms with Gasteiger partial charge in [-0.1, -0.05) is 211 Å². The van der Waals surface area contributed by atoms with Crippen molar-refractivity contribution in [3.8, 4) is 22.3 Å². The molecule has 1 atom stereocenters. The molecule has 0 saturated carbocycles. The second-order valence-corrected chi connectivity index (χ2v) is 15.7. The minimum atomic E-state index is 0.367. The van der Waals surface area contributed by atoms with Gasteiger partial charge in [0.15, 0.2) is 0 Å². The first kappa shape index (κ1) is 53.5. The van der Waals surface area contributed by atoms with Crippen molar-refractivity contribution in [2.75, 3.05) is 4.90 Å². The number of benzene rings is 4. The monoisotopic (exact) mass is 840 g/mol. The summed E-state index contributed by atoms with van der Waals surface area (Å²) in [5.74, 6) is 0.367. The van der Waals surface area contributed by atoms with E-state index in [2.05, 4.69) is 218 Å². The standard InChI is InChI=1S/C54H61N.C4H8.2C2H6/c1-9-12-14-22-45(38-49(23-13-10-2)42(7)21-19-20-41(6)40(4)5)36-43(8)46-28-30-47(31-29-46)48-32-34-51(35-33-48)55-39-44(11-3)37-50-24-15-16-25-52(50)53-26-17-18-27-54(53)55;1-3-4-2;2*1-2/h9,12-20,22-35,38-39,43H,10-11,21,36-37H2,1-8H3;3-4H,1-2H3;2*1-2H3/b12-9-,20-19-,22-14-,23-13-,44-39-,45-38-,49-42-;4-3-;;. The summed E-state index contributed by atoms with van der Waals surface area (Å²) in [5.41, 5.74) is 18.3. The number of nitrogens with zero attached hydrogens (tertiary/aromatic N) is 1. The van der Waals surface area contributed by atoms with Crippen LogP contribution in [0, 0.1) is 0 Å². The molecular formula is C62H81N. The summed E-state index contributed by atoms with van der Waals surface area (Å²) in [5, 5.41) is 0. The topological polar surface area (TPSA) is 3.24 Å². The molecule has 0 saturated heterocycles. The maximum Gasteiger partial charge on any atom is 0.0533 e. The average molecular weight is 840 g/mol. The van der Waals surface area contributed by atoms with E-state index in [1.54, 1.807) is 0 Å². The van der Waals surface area contributed by atoms with Gasteiger partial charge in [0, 0.05) is 17.5 Å². The molecular weight excluding hydrogens is 759 g/mol. The molecule has 1 nitrogen and oxygen atoms in total. The second-order valence-electron chi connectivity index (χ2n) is 15.7. The van der Waals surface area contributed by atoms with Crippen molar-refractivity contribution in [1.29, 1.82) is 0 Å². The van der Waals surface area contributed by atoms with Crippen molar-refractivity contribution in [2.24, 2.45) is 0 Å². The number of para-hydroxylation sites is 1. The molecule has 1 heteroatoms. The summed E-state index contributed by atoms with van der Waals surface area (Å²) in [7, 11) is 0. The van der Waals surface area contributed by atoms with Crippen LogP contribution in [-0.4, -0.2) is 0 Å². The van der Waals surface area contributed by atoms with Gasteiger partial charge < -0.3 is 4.90 Å². The number of rotatable bonds is 14. The normalized spacial score (nSPS) is 14.3. The zero-order valence-electron chi connectivity index (χ0n) is 41.7. The lowest BCUT2D eigenvalue weighted by molar-refractivity contribution is 0.762. The Morgan fingerprint density at radius 1 is 0.651 bits per heavy atom. The largest absolute Gasteiger partial charge is 0.317 e. The van der Waals surface area contributed by atoms with E-state index >= 15 is 0 Å². The van der Waals surface area contributed by atoms with Crippen molar-refractivity contribution in [1.82, 2.24) is 0 Å². The molecule has 0 amide bonds. The van der Waals surface area contributed by atoms with Crippen LogP contribution in [0.25, 0.3) is 22.3 Å². The number of fused-ring (bicyclic) bond motifs is 3. The van der Waals surface area contributed by atoms with Crippen molar-refractivity contribution in [3.05, 3.63) is 215 Å². The molecule has 4 aromatic carbocycles. The van der Waals surface area contributed by atoms with Gasteiger partial charge in [-0.05, 0) is 149 Å². The van der Waals surface area contributed by atoms with Crippen molar-refractivity contribution < 1.29 is 0 Å². The number of hydrogen-bond acceptors (Lipinski definition) is 1. The fraction of sp³-hybridized carbons (Fsp3) is 0.323.